The van der Waals surface area contributed by atoms with Crippen LogP contribution in [0.4, 0.5) is 5.69 Å². The number of carbonyl (C=O) groups excluding carboxylic acids is 2. The van der Waals surface area contributed by atoms with Gasteiger partial charge in [0.1, 0.15) is 0 Å². The van der Waals surface area contributed by atoms with Crippen molar-refractivity contribution in [3.63, 3.8) is 0 Å². The number of hydrogen-bond donors (Lipinski definition) is 1. The third kappa shape index (κ3) is 4.34. The number of aryl methyl sites for hydroxylation is 1. The predicted octanol–water partition coefficient (Wildman–Crippen LogP) is 1.92. The second kappa shape index (κ2) is 8.51. The first-order valence-electron chi connectivity index (χ1n) is 9.04. The van der Waals surface area contributed by atoms with E-state index in [1.807, 2.05) is 25.1 Å². The van der Waals surface area contributed by atoms with Gasteiger partial charge >= 0.3 is 0 Å². The summed E-state index contributed by atoms with van der Waals surface area (Å²) in [5, 5.41) is 2.73. The first-order valence-corrected chi connectivity index (χ1v) is 9.45. The average molecular weight is 372 g/mol. The van der Waals surface area contributed by atoms with Crippen molar-refractivity contribution in [2.75, 3.05) is 31.1 Å². The van der Waals surface area contributed by atoms with Gasteiger partial charge in [-0.1, -0.05) is 18.6 Å². The number of piperidine rings is 1. The summed E-state index contributed by atoms with van der Waals surface area (Å²) < 4.78 is 0. The lowest BCUT2D eigenvalue weighted by atomic mass is 10.1. The molecule has 0 aromatic heterocycles. The van der Waals surface area contributed by atoms with Crippen LogP contribution in [0.25, 0.3) is 0 Å². The van der Waals surface area contributed by atoms with E-state index in [4.69, 9.17) is 12.2 Å². The van der Waals surface area contributed by atoms with Crippen molar-refractivity contribution in [2.24, 2.45) is 10.9 Å². The average Bonchev–Trinajstić information content (AvgIpc) is 2.61. The Morgan fingerprint density at radius 3 is 2.77 bits per heavy atom. The van der Waals surface area contributed by atoms with Crippen molar-refractivity contribution in [1.29, 1.82) is 0 Å². The maximum Gasteiger partial charge on any atom is 0.251 e. The van der Waals surface area contributed by atoms with Crippen LogP contribution in [0, 0.1) is 12.8 Å². The first kappa shape index (κ1) is 18.7. The number of amides is 2. The van der Waals surface area contributed by atoms with Gasteiger partial charge in [-0.05, 0) is 62.8 Å². The Bertz CT molecular complexity index is 728. The van der Waals surface area contributed by atoms with E-state index in [0.29, 0.717) is 12.2 Å². The summed E-state index contributed by atoms with van der Waals surface area (Å²) in [5.41, 5.74) is 1.67. The van der Waals surface area contributed by atoms with E-state index in [1.165, 1.54) is 30.4 Å². The number of anilines is 1. The van der Waals surface area contributed by atoms with E-state index < -0.39 is 11.8 Å². The molecular weight excluding hydrogens is 348 g/mol. The smallest absolute Gasteiger partial charge is 0.251 e. The van der Waals surface area contributed by atoms with Crippen LogP contribution in [-0.2, 0) is 9.59 Å². The SMILES string of the molecule is Cc1cccc(N2C(=O)[C@H](C=NCCN3CCCCC3)C(=O)NC2=S)c1. The van der Waals surface area contributed by atoms with Gasteiger partial charge in [0, 0.05) is 12.8 Å². The van der Waals surface area contributed by atoms with Crippen molar-refractivity contribution in [1.82, 2.24) is 10.2 Å². The molecule has 0 saturated carbocycles. The van der Waals surface area contributed by atoms with Crippen LogP contribution in [0.3, 0.4) is 0 Å². The fraction of sp³-hybridized carbons (Fsp3) is 0.474. The van der Waals surface area contributed by atoms with Gasteiger partial charge in [0.2, 0.25) is 5.91 Å². The lowest BCUT2D eigenvalue weighted by molar-refractivity contribution is -0.130. The van der Waals surface area contributed by atoms with Crippen LogP contribution in [0.2, 0.25) is 0 Å². The van der Waals surface area contributed by atoms with E-state index >= 15 is 0 Å². The number of thiocarbonyl (C=S) groups is 1. The second-order valence-corrected chi connectivity index (χ2v) is 7.13. The molecule has 138 valence electrons. The van der Waals surface area contributed by atoms with Crippen molar-refractivity contribution in [3.05, 3.63) is 29.8 Å². The molecule has 1 aromatic rings. The molecule has 0 aliphatic carbocycles. The van der Waals surface area contributed by atoms with Crippen LogP contribution in [0.5, 0.6) is 0 Å². The molecule has 3 rings (SSSR count). The fourth-order valence-electron chi connectivity index (χ4n) is 3.30. The molecule has 2 saturated heterocycles. The molecule has 2 aliphatic rings. The van der Waals surface area contributed by atoms with Crippen LogP contribution >= 0.6 is 12.2 Å². The number of hydrogen-bond acceptors (Lipinski definition) is 5. The largest absolute Gasteiger partial charge is 0.302 e. The summed E-state index contributed by atoms with van der Waals surface area (Å²) in [6.45, 7) is 5.60. The van der Waals surface area contributed by atoms with Gasteiger partial charge in [-0.15, -0.1) is 0 Å². The molecule has 1 N–H and O–H groups in total. The topological polar surface area (TPSA) is 65.0 Å². The Morgan fingerprint density at radius 1 is 1.27 bits per heavy atom. The Labute approximate surface area is 159 Å². The van der Waals surface area contributed by atoms with E-state index in [9.17, 15) is 9.59 Å². The minimum atomic E-state index is -0.941. The van der Waals surface area contributed by atoms with Crippen LogP contribution in [0.1, 0.15) is 24.8 Å². The van der Waals surface area contributed by atoms with Crippen molar-refractivity contribution >= 4 is 41.0 Å². The van der Waals surface area contributed by atoms with Crippen molar-refractivity contribution in [2.45, 2.75) is 26.2 Å². The van der Waals surface area contributed by atoms with Crippen molar-refractivity contribution in [3.8, 4) is 0 Å². The number of benzene rings is 1. The fourth-order valence-corrected chi connectivity index (χ4v) is 3.59. The van der Waals surface area contributed by atoms with E-state index in [0.717, 1.165) is 25.2 Å². The molecule has 0 unspecified atom stereocenters. The molecule has 6 nitrogen and oxygen atoms in total. The minimum Gasteiger partial charge on any atom is -0.302 e. The number of nitrogens with one attached hydrogen (secondary N) is 1. The Balaban J connectivity index is 1.66. The van der Waals surface area contributed by atoms with Crippen molar-refractivity contribution < 1.29 is 9.59 Å². The maximum absolute atomic E-state index is 12.8. The van der Waals surface area contributed by atoms with Gasteiger partial charge in [0.15, 0.2) is 11.0 Å². The number of likely N-dealkylation sites (tertiary alicyclic amines) is 1. The molecular formula is C19H24N4O2S. The Kier molecular flexibility index (Phi) is 6.11. The number of aliphatic imine (C=N–C) groups is 1. The maximum atomic E-state index is 12.8. The third-order valence-electron chi connectivity index (χ3n) is 4.71. The molecule has 0 bridgehead atoms. The summed E-state index contributed by atoms with van der Waals surface area (Å²) >= 11 is 5.20. The minimum absolute atomic E-state index is 0.114. The van der Waals surface area contributed by atoms with Crippen LogP contribution in [-0.4, -0.2) is 54.2 Å². The zero-order valence-corrected chi connectivity index (χ0v) is 15.8. The zero-order chi connectivity index (χ0) is 18.5. The molecule has 7 heteroatoms. The summed E-state index contributed by atoms with van der Waals surface area (Å²) in [6.07, 6.45) is 5.23. The van der Waals surface area contributed by atoms with Gasteiger partial charge in [-0.2, -0.15) is 0 Å². The van der Waals surface area contributed by atoms with Gasteiger partial charge in [0.25, 0.3) is 5.91 Å². The molecule has 0 spiro atoms. The van der Waals surface area contributed by atoms with E-state index in [-0.39, 0.29) is 11.0 Å². The van der Waals surface area contributed by atoms with E-state index in [2.05, 4.69) is 15.2 Å². The Hall–Kier alpha value is -2.12. The molecule has 1 atom stereocenters. The van der Waals surface area contributed by atoms with Crippen LogP contribution < -0.4 is 10.2 Å². The standard InChI is InChI=1S/C19H24N4O2S/c1-14-6-5-7-15(12-14)23-18(25)16(17(24)21-19(23)26)13-20-8-11-22-9-3-2-4-10-22/h5-7,12-13,16H,2-4,8-11H2,1H3,(H,21,24,26)/t16-/m1/s1. The zero-order valence-electron chi connectivity index (χ0n) is 15.0. The molecule has 2 fully saturated rings. The predicted molar refractivity (Wildman–Crippen MR) is 107 cm³/mol. The van der Waals surface area contributed by atoms with Gasteiger partial charge in [0.05, 0.1) is 12.2 Å². The Morgan fingerprint density at radius 2 is 2.04 bits per heavy atom. The molecule has 2 heterocycles. The second-order valence-electron chi connectivity index (χ2n) is 6.74. The first-order chi connectivity index (χ1) is 12.6. The highest BCUT2D eigenvalue weighted by Gasteiger charge is 2.38. The summed E-state index contributed by atoms with van der Waals surface area (Å²) in [5.74, 6) is -1.71. The number of rotatable bonds is 5. The summed E-state index contributed by atoms with van der Waals surface area (Å²) in [7, 11) is 0. The highest BCUT2D eigenvalue weighted by Crippen LogP contribution is 2.21. The normalized spacial score (nSPS) is 22.1. The van der Waals surface area contributed by atoms with Gasteiger partial charge in [-0.3, -0.25) is 19.5 Å². The van der Waals surface area contributed by atoms with E-state index in [1.54, 1.807) is 6.07 Å². The molecule has 1 aromatic carbocycles. The molecule has 0 radical (unpaired) electrons. The highest BCUT2D eigenvalue weighted by atomic mass is 32.1. The number of carbonyl (C=O) groups is 2. The number of nitrogens with zero attached hydrogens (tertiary/aromatic N) is 3. The van der Waals surface area contributed by atoms with Gasteiger partial charge in [-0.25, -0.2) is 0 Å². The molecule has 2 amide bonds. The van der Waals surface area contributed by atoms with Crippen LogP contribution in [0.15, 0.2) is 29.3 Å². The lowest BCUT2D eigenvalue weighted by Crippen LogP contribution is -2.58. The quantitative estimate of drug-likeness (QED) is 0.487. The van der Waals surface area contributed by atoms with Gasteiger partial charge < -0.3 is 10.2 Å². The summed E-state index contributed by atoms with van der Waals surface area (Å²) in [6, 6.07) is 7.48. The molecule has 2 aliphatic heterocycles. The monoisotopic (exact) mass is 372 g/mol. The molecule has 26 heavy (non-hydrogen) atoms. The summed E-state index contributed by atoms with van der Waals surface area (Å²) in [4.78, 5) is 33.1. The third-order valence-corrected chi connectivity index (χ3v) is 5.00. The lowest BCUT2D eigenvalue weighted by Gasteiger charge is -2.31. The highest BCUT2D eigenvalue weighted by molar-refractivity contribution is 7.80.